The second-order valence-electron chi connectivity index (χ2n) is 4.63. The molecule has 0 amide bonds. The Morgan fingerprint density at radius 2 is 1.81 bits per heavy atom. The van der Waals surface area contributed by atoms with E-state index in [0.29, 0.717) is 23.8 Å². The molecule has 0 fully saturated rings. The number of aromatic nitrogens is 1. The summed E-state index contributed by atoms with van der Waals surface area (Å²) in [6.45, 7) is 6.42. The minimum Gasteiger partial charge on any atom is -0.494 e. The smallest absolute Gasteiger partial charge is 0.229 e. The van der Waals surface area contributed by atoms with Crippen molar-refractivity contribution < 1.29 is 9.47 Å². The Balaban J connectivity index is 2.32. The number of nitrogens with two attached hydrogens (primary N) is 1. The SMILES string of the molecule is CCOc1ccc(Oc2nc(C)cc(C)c2C(N)=S)cc1. The Hall–Kier alpha value is -2.14. The summed E-state index contributed by atoms with van der Waals surface area (Å²) >= 11 is 5.09. The number of hydrogen-bond donors (Lipinski definition) is 1. The average molecular weight is 302 g/mol. The molecule has 0 saturated heterocycles. The first kappa shape index (κ1) is 15.3. The van der Waals surface area contributed by atoms with E-state index in [1.807, 2.05) is 51.1 Å². The number of aryl methyl sites for hydroxylation is 2. The Kier molecular flexibility index (Phi) is 4.75. The van der Waals surface area contributed by atoms with Gasteiger partial charge in [-0.15, -0.1) is 0 Å². The van der Waals surface area contributed by atoms with Gasteiger partial charge in [0.2, 0.25) is 5.88 Å². The van der Waals surface area contributed by atoms with Crippen LogP contribution in [0, 0.1) is 13.8 Å². The first-order valence-corrected chi connectivity index (χ1v) is 7.11. The van der Waals surface area contributed by atoms with E-state index in [2.05, 4.69) is 4.98 Å². The van der Waals surface area contributed by atoms with Crippen LogP contribution in [0.2, 0.25) is 0 Å². The van der Waals surface area contributed by atoms with Crippen molar-refractivity contribution in [1.29, 1.82) is 0 Å². The van der Waals surface area contributed by atoms with Gasteiger partial charge in [0.1, 0.15) is 16.5 Å². The molecule has 21 heavy (non-hydrogen) atoms. The van der Waals surface area contributed by atoms with Crippen molar-refractivity contribution in [3.05, 3.63) is 47.2 Å². The first-order valence-electron chi connectivity index (χ1n) is 6.70. The number of rotatable bonds is 5. The van der Waals surface area contributed by atoms with Gasteiger partial charge in [0.15, 0.2) is 0 Å². The molecule has 0 atom stereocenters. The quantitative estimate of drug-likeness (QED) is 0.856. The fraction of sp³-hybridized carbons (Fsp3) is 0.250. The van der Waals surface area contributed by atoms with Gasteiger partial charge in [-0.05, 0) is 56.7 Å². The molecule has 4 nitrogen and oxygen atoms in total. The van der Waals surface area contributed by atoms with Crippen LogP contribution in [-0.4, -0.2) is 16.6 Å². The molecule has 0 radical (unpaired) electrons. The molecule has 0 aliphatic heterocycles. The fourth-order valence-electron chi connectivity index (χ4n) is 2.06. The van der Waals surface area contributed by atoms with Crippen LogP contribution in [0.25, 0.3) is 0 Å². The van der Waals surface area contributed by atoms with Crippen molar-refractivity contribution in [2.45, 2.75) is 20.8 Å². The van der Waals surface area contributed by atoms with Crippen LogP contribution >= 0.6 is 12.2 Å². The summed E-state index contributed by atoms with van der Waals surface area (Å²) in [6, 6.07) is 9.28. The molecular weight excluding hydrogens is 284 g/mol. The second kappa shape index (κ2) is 6.54. The Morgan fingerprint density at radius 3 is 2.38 bits per heavy atom. The summed E-state index contributed by atoms with van der Waals surface area (Å²) in [4.78, 5) is 4.67. The van der Waals surface area contributed by atoms with Gasteiger partial charge in [0.25, 0.3) is 0 Å². The van der Waals surface area contributed by atoms with Crippen LogP contribution in [0.15, 0.2) is 30.3 Å². The molecule has 110 valence electrons. The Bertz CT molecular complexity index is 654. The van der Waals surface area contributed by atoms with Crippen LogP contribution in [0.3, 0.4) is 0 Å². The van der Waals surface area contributed by atoms with Crippen LogP contribution in [0.5, 0.6) is 17.4 Å². The molecule has 0 aliphatic carbocycles. The highest BCUT2D eigenvalue weighted by Crippen LogP contribution is 2.27. The standard InChI is InChI=1S/C16H18N2O2S/c1-4-19-12-5-7-13(8-6-12)20-16-14(15(17)21)10(2)9-11(3)18-16/h5-9H,4H2,1-3H3,(H2,17,21). The average Bonchev–Trinajstić information content (AvgIpc) is 2.40. The molecule has 1 aromatic carbocycles. The van der Waals surface area contributed by atoms with Gasteiger partial charge < -0.3 is 15.2 Å². The molecular formula is C16H18N2O2S. The molecule has 0 bridgehead atoms. The molecule has 0 saturated carbocycles. The third-order valence-corrected chi connectivity index (χ3v) is 3.11. The van der Waals surface area contributed by atoms with Crippen molar-refractivity contribution in [3.63, 3.8) is 0 Å². The van der Waals surface area contributed by atoms with Crippen LogP contribution < -0.4 is 15.2 Å². The van der Waals surface area contributed by atoms with Crippen molar-refractivity contribution in [1.82, 2.24) is 4.98 Å². The predicted octanol–water partition coefficient (Wildman–Crippen LogP) is 3.52. The Labute approximate surface area is 129 Å². The lowest BCUT2D eigenvalue weighted by molar-refractivity contribution is 0.339. The van der Waals surface area contributed by atoms with Gasteiger partial charge in [-0.25, -0.2) is 4.98 Å². The largest absolute Gasteiger partial charge is 0.494 e. The van der Waals surface area contributed by atoms with Gasteiger partial charge in [-0.3, -0.25) is 0 Å². The van der Waals surface area contributed by atoms with Gasteiger partial charge in [0.05, 0.1) is 12.2 Å². The maximum Gasteiger partial charge on any atom is 0.229 e. The number of hydrogen-bond acceptors (Lipinski definition) is 4. The third kappa shape index (κ3) is 3.70. The van der Waals surface area contributed by atoms with Gasteiger partial charge in [-0.1, -0.05) is 12.2 Å². The summed E-state index contributed by atoms with van der Waals surface area (Å²) in [5, 5.41) is 0. The molecule has 2 rings (SSSR count). The zero-order valence-corrected chi connectivity index (χ0v) is 13.2. The number of nitrogens with zero attached hydrogens (tertiary/aromatic N) is 1. The molecule has 1 aromatic heterocycles. The second-order valence-corrected chi connectivity index (χ2v) is 5.07. The highest BCUT2D eigenvalue weighted by atomic mass is 32.1. The summed E-state index contributed by atoms with van der Waals surface area (Å²) < 4.78 is 11.2. The topological polar surface area (TPSA) is 57.4 Å². The van der Waals surface area contributed by atoms with Gasteiger partial charge in [0, 0.05) is 5.69 Å². The lowest BCUT2D eigenvalue weighted by Crippen LogP contribution is -2.14. The minimum atomic E-state index is 0.279. The van der Waals surface area contributed by atoms with Gasteiger partial charge >= 0.3 is 0 Å². The van der Waals surface area contributed by atoms with Crippen molar-refractivity contribution in [2.24, 2.45) is 5.73 Å². The first-order chi connectivity index (χ1) is 10.0. The molecule has 0 unspecified atom stereocenters. The normalized spacial score (nSPS) is 10.2. The number of pyridine rings is 1. The Morgan fingerprint density at radius 1 is 1.19 bits per heavy atom. The van der Waals surface area contributed by atoms with Crippen LogP contribution in [0.1, 0.15) is 23.7 Å². The van der Waals surface area contributed by atoms with E-state index in [1.54, 1.807) is 0 Å². The molecule has 1 heterocycles. The lowest BCUT2D eigenvalue weighted by Gasteiger charge is -2.13. The van der Waals surface area contributed by atoms with Crippen molar-refractivity contribution >= 4 is 17.2 Å². The molecule has 0 spiro atoms. The van der Waals surface area contributed by atoms with E-state index < -0.39 is 0 Å². The number of benzene rings is 1. The highest BCUT2D eigenvalue weighted by molar-refractivity contribution is 7.80. The van der Waals surface area contributed by atoms with Crippen molar-refractivity contribution in [2.75, 3.05) is 6.61 Å². The van der Waals surface area contributed by atoms with Crippen LogP contribution in [0.4, 0.5) is 0 Å². The predicted molar refractivity (Wildman–Crippen MR) is 87.3 cm³/mol. The van der Waals surface area contributed by atoms with E-state index in [9.17, 15) is 0 Å². The summed E-state index contributed by atoms with van der Waals surface area (Å²) in [5.41, 5.74) is 8.25. The molecule has 2 N–H and O–H groups in total. The van der Waals surface area contributed by atoms with E-state index >= 15 is 0 Å². The zero-order valence-electron chi connectivity index (χ0n) is 12.3. The third-order valence-electron chi connectivity index (χ3n) is 2.91. The monoisotopic (exact) mass is 302 g/mol. The van der Waals surface area contributed by atoms with E-state index in [-0.39, 0.29) is 4.99 Å². The summed E-state index contributed by atoms with van der Waals surface area (Å²) in [7, 11) is 0. The van der Waals surface area contributed by atoms with E-state index in [0.717, 1.165) is 17.0 Å². The van der Waals surface area contributed by atoms with Crippen LogP contribution in [-0.2, 0) is 0 Å². The lowest BCUT2D eigenvalue weighted by atomic mass is 10.1. The number of ether oxygens (including phenoxy) is 2. The molecule has 2 aromatic rings. The number of thiocarbonyl (C=S) groups is 1. The van der Waals surface area contributed by atoms with E-state index in [1.165, 1.54) is 0 Å². The fourth-order valence-corrected chi connectivity index (χ4v) is 2.31. The zero-order chi connectivity index (χ0) is 15.4. The summed E-state index contributed by atoms with van der Waals surface area (Å²) in [6.07, 6.45) is 0. The molecule has 5 heteroatoms. The maximum atomic E-state index is 5.83. The highest BCUT2D eigenvalue weighted by Gasteiger charge is 2.13. The van der Waals surface area contributed by atoms with E-state index in [4.69, 9.17) is 27.4 Å². The molecule has 0 aliphatic rings. The van der Waals surface area contributed by atoms with Gasteiger partial charge in [-0.2, -0.15) is 0 Å². The van der Waals surface area contributed by atoms with Crippen molar-refractivity contribution in [3.8, 4) is 17.4 Å². The maximum absolute atomic E-state index is 5.83. The summed E-state index contributed by atoms with van der Waals surface area (Å²) in [5.74, 6) is 1.89. The minimum absolute atomic E-state index is 0.279.